The Kier molecular flexibility index (Phi) is 4.31. The number of hydrogen-bond donors (Lipinski definition) is 4. The van der Waals surface area contributed by atoms with Gasteiger partial charge in [0.25, 0.3) is 0 Å². The summed E-state index contributed by atoms with van der Waals surface area (Å²) in [7, 11) is 0. The van der Waals surface area contributed by atoms with E-state index in [1.165, 1.54) is 13.8 Å². The number of nitrogens with one attached hydrogen (secondary N) is 2. The zero-order valence-corrected chi connectivity index (χ0v) is 12.4. The average molecular weight is 298 g/mol. The van der Waals surface area contributed by atoms with Crippen LogP contribution in [0, 0.1) is 0 Å². The maximum atomic E-state index is 11.1. The highest BCUT2D eigenvalue weighted by Crippen LogP contribution is 2.30. The quantitative estimate of drug-likeness (QED) is 0.652. The molecule has 0 fully saturated rings. The van der Waals surface area contributed by atoms with E-state index < -0.39 is 0 Å². The molecule has 0 atom stereocenters. The van der Waals surface area contributed by atoms with Crippen LogP contribution in [0.3, 0.4) is 0 Å². The van der Waals surface area contributed by atoms with Crippen molar-refractivity contribution in [3.05, 3.63) is 36.4 Å². The van der Waals surface area contributed by atoms with Crippen LogP contribution in [0.2, 0.25) is 0 Å². The fourth-order valence-electron chi connectivity index (χ4n) is 2.09. The summed E-state index contributed by atoms with van der Waals surface area (Å²) in [4.78, 5) is 22.1. The lowest BCUT2D eigenvalue weighted by atomic mass is 10.0. The molecule has 0 aliphatic rings. The Labute approximate surface area is 128 Å². The first-order chi connectivity index (χ1) is 10.4. The predicted molar refractivity (Wildman–Crippen MR) is 89.3 cm³/mol. The Morgan fingerprint density at radius 1 is 0.773 bits per heavy atom. The molecule has 0 radical (unpaired) electrons. The number of hydrogen-bond acceptors (Lipinski definition) is 4. The summed E-state index contributed by atoms with van der Waals surface area (Å²) in [6.45, 7) is 2.85. The Morgan fingerprint density at radius 3 is 1.41 bits per heavy atom. The fraction of sp³-hybridized carbons (Fsp3) is 0.125. The fourth-order valence-corrected chi connectivity index (χ4v) is 2.09. The maximum absolute atomic E-state index is 11.1. The number of benzene rings is 2. The van der Waals surface area contributed by atoms with Gasteiger partial charge in [0.1, 0.15) is 0 Å². The summed E-state index contributed by atoms with van der Waals surface area (Å²) in [5.74, 6) is -0.355. The molecule has 0 bridgehead atoms. The van der Waals surface area contributed by atoms with E-state index in [2.05, 4.69) is 10.6 Å². The third-order valence-electron chi connectivity index (χ3n) is 3.06. The van der Waals surface area contributed by atoms with Crippen molar-refractivity contribution in [2.75, 3.05) is 22.1 Å². The SMILES string of the molecule is CC(=O)Nc1ccc(-c2ccc(NC(C)=O)c(N)c2)cc1N. The first kappa shape index (κ1) is 15.4. The Bertz CT molecular complexity index is 677. The lowest BCUT2D eigenvalue weighted by molar-refractivity contribution is -0.115. The van der Waals surface area contributed by atoms with E-state index in [-0.39, 0.29) is 11.8 Å². The Balaban J connectivity index is 2.32. The molecule has 0 aromatic heterocycles. The van der Waals surface area contributed by atoms with E-state index in [1.54, 1.807) is 24.3 Å². The molecule has 2 aromatic carbocycles. The smallest absolute Gasteiger partial charge is 0.221 e. The van der Waals surface area contributed by atoms with Gasteiger partial charge in [0.2, 0.25) is 11.8 Å². The number of nitrogen functional groups attached to an aromatic ring is 2. The standard InChI is InChI=1S/C16H18N4O2/c1-9(21)19-15-5-3-11(7-13(15)17)12-4-6-16(14(18)8-12)20-10(2)22/h3-8H,17-18H2,1-2H3,(H,19,21)(H,20,22). The summed E-state index contributed by atoms with van der Waals surface area (Å²) < 4.78 is 0. The first-order valence-electron chi connectivity index (χ1n) is 6.71. The third kappa shape index (κ3) is 3.54. The van der Waals surface area contributed by atoms with Crippen molar-refractivity contribution < 1.29 is 9.59 Å². The van der Waals surface area contributed by atoms with Gasteiger partial charge >= 0.3 is 0 Å². The molecule has 22 heavy (non-hydrogen) atoms. The molecule has 0 saturated heterocycles. The van der Waals surface area contributed by atoms with Crippen molar-refractivity contribution in [2.45, 2.75) is 13.8 Å². The van der Waals surface area contributed by atoms with E-state index in [4.69, 9.17) is 11.5 Å². The minimum Gasteiger partial charge on any atom is -0.397 e. The van der Waals surface area contributed by atoms with Gasteiger partial charge in [-0.25, -0.2) is 0 Å². The van der Waals surface area contributed by atoms with Crippen LogP contribution < -0.4 is 22.1 Å². The largest absolute Gasteiger partial charge is 0.397 e. The molecule has 114 valence electrons. The molecule has 0 unspecified atom stereocenters. The van der Waals surface area contributed by atoms with Crippen LogP contribution >= 0.6 is 0 Å². The van der Waals surface area contributed by atoms with Gasteiger partial charge < -0.3 is 22.1 Å². The van der Waals surface area contributed by atoms with Gasteiger partial charge in [0.05, 0.1) is 22.7 Å². The molecule has 2 rings (SSSR count). The summed E-state index contributed by atoms with van der Waals surface area (Å²) in [6, 6.07) is 10.7. The van der Waals surface area contributed by atoms with Crippen molar-refractivity contribution in [2.24, 2.45) is 0 Å². The molecule has 0 heterocycles. The molecule has 6 heteroatoms. The van der Waals surface area contributed by atoms with Gasteiger partial charge in [-0.15, -0.1) is 0 Å². The topological polar surface area (TPSA) is 110 Å². The van der Waals surface area contributed by atoms with E-state index in [0.717, 1.165) is 11.1 Å². The predicted octanol–water partition coefficient (Wildman–Crippen LogP) is 2.43. The van der Waals surface area contributed by atoms with Gasteiger partial charge in [-0.2, -0.15) is 0 Å². The van der Waals surface area contributed by atoms with Crippen molar-refractivity contribution in [1.29, 1.82) is 0 Å². The van der Waals surface area contributed by atoms with Crippen LogP contribution in [0.25, 0.3) is 11.1 Å². The molecule has 2 amide bonds. The normalized spacial score (nSPS) is 10.1. The monoisotopic (exact) mass is 298 g/mol. The molecular weight excluding hydrogens is 280 g/mol. The number of carbonyl (C=O) groups excluding carboxylic acids is 2. The first-order valence-corrected chi connectivity index (χ1v) is 6.71. The van der Waals surface area contributed by atoms with Crippen molar-refractivity contribution in [1.82, 2.24) is 0 Å². The van der Waals surface area contributed by atoms with E-state index >= 15 is 0 Å². The van der Waals surface area contributed by atoms with Gasteiger partial charge in [0, 0.05) is 13.8 Å². The summed E-state index contributed by atoms with van der Waals surface area (Å²) in [5.41, 5.74) is 15.7. The summed E-state index contributed by atoms with van der Waals surface area (Å²) >= 11 is 0. The van der Waals surface area contributed by atoms with Crippen LogP contribution in [0.1, 0.15) is 13.8 Å². The lowest BCUT2D eigenvalue weighted by Crippen LogP contribution is -2.08. The van der Waals surface area contributed by atoms with Crippen LogP contribution in [-0.2, 0) is 9.59 Å². The minimum atomic E-state index is -0.177. The number of nitrogens with two attached hydrogens (primary N) is 2. The molecule has 6 nitrogen and oxygen atoms in total. The second-order valence-corrected chi connectivity index (χ2v) is 4.97. The molecule has 0 aliphatic heterocycles. The number of rotatable bonds is 3. The summed E-state index contributed by atoms with van der Waals surface area (Å²) in [5, 5.41) is 5.32. The maximum Gasteiger partial charge on any atom is 0.221 e. The van der Waals surface area contributed by atoms with E-state index in [0.29, 0.717) is 22.7 Å². The van der Waals surface area contributed by atoms with Crippen LogP contribution in [0.5, 0.6) is 0 Å². The third-order valence-corrected chi connectivity index (χ3v) is 3.06. The second-order valence-electron chi connectivity index (χ2n) is 4.97. The van der Waals surface area contributed by atoms with Crippen LogP contribution in [0.15, 0.2) is 36.4 Å². The Hall–Kier alpha value is -3.02. The van der Waals surface area contributed by atoms with E-state index in [9.17, 15) is 9.59 Å². The highest BCUT2D eigenvalue weighted by atomic mass is 16.2. The van der Waals surface area contributed by atoms with Gasteiger partial charge in [-0.05, 0) is 35.4 Å². The molecule has 2 aromatic rings. The minimum absolute atomic E-state index is 0.177. The second kappa shape index (κ2) is 6.17. The highest BCUT2D eigenvalue weighted by molar-refractivity contribution is 5.94. The van der Waals surface area contributed by atoms with Crippen molar-refractivity contribution >= 4 is 34.6 Å². The number of anilines is 4. The molecule has 0 spiro atoms. The summed E-state index contributed by atoms with van der Waals surface area (Å²) in [6.07, 6.45) is 0. The molecular formula is C16H18N4O2. The molecule has 0 saturated carbocycles. The zero-order valence-electron chi connectivity index (χ0n) is 12.4. The van der Waals surface area contributed by atoms with Crippen LogP contribution in [-0.4, -0.2) is 11.8 Å². The average Bonchev–Trinajstić information content (AvgIpc) is 2.42. The molecule has 6 N–H and O–H groups in total. The highest BCUT2D eigenvalue weighted by Gasteiger charge is 2.07. The Morgan fingerprint density at radius 2 is 1.14 bits per heavy atom. The zero-order chi connectivity index (χ0) is 16.3. The van der Waals surface area contributed by atoms with Gasteiger partial charge in [-0.1, -0.05) is 12.1 Å². The van der Waals surface area contributed by atoms with Gasteiger partial charge in [0.15, 0.2) is 0 Å². The van der Waals surface area contributed by atoms with E-state index in [1.807, 2.05) is 12.1 Å². The lowest BCUT2D eigenvalue weighted by Gasteiger charge is -2.11. The van der Waals surface area contributed by atoms with Crippen molar-refractivity contribution in [3.8, 4) is 11.1 Å². The van der Waals surface area contributed by atoms with Gasteiger partial charge in [-0.3, -0.25) is 9.59 Å². The number of carbonyl (C=O) groups is 2. The molecule has 0 aliphatic carbocycles. The number of amides is 2. The van der Waals surface area contributed by atoms with Crippen LogP contribution in [0.4, 0.5) is 22.7 Å². The van der Waals surface area contributed by atoms with Crippen molar-refractivity contribution in [3.63, 3.8) is 0 Å².